The molecule has 0 aliphatic carbocycles. The molecule has 0 amide bonds. The molecular formula is C13H14BrN3O. The van der Waals surface area contributed by atoms with Crippen molar-refractivity contribution in [2.24, 2.45) is 5.73 Å². The predicted octanol–water partition coefficient (Wildman–Crippen LogP) is 2.71. The lowest BCUT2D eigenvalue weighted by atomic mass is 10.1. The van der Waals surface area contributed by atoms with E-state index in [1.165, 1.54) is 0 Å². The van der Waals surface area contributed by atoms with Gasteiger partial charge in [0.15, 0.2) is 0 Å². The summed E-state index contributed by atoms with van der Waals surface area (Å²) in [5.41, 5.74) is 6.92. The lowest BCUT2D eigenvalue weighted by Gasteiger charge is -2.22. The Morgan fingerprint density at radius 3 is 2.72 bits per heavy atom. The Kier molecular flexibility index (Phi) is 4.28. The van der Waals surface area contributed by atoms with Crippen LogP contribution in [0.3, 0.4) is 0 Å². The second-order valence-corrected chi connectivity index (χ2v) is 4.94. The molecule has 2 rings (SSSR count). The largest absolute Gasteiger partial charge is 0.482 e. The molecule has 0 aliphatic rings. The van der Waals surface area contributed by atoms with Gasteiger partial charge in [-0.05, 0) is 35.0 Å². The van der Waals surface area contributed by atoms with Crippen LogP contribution in [0.15, 0.2) is 47.5 Å². The quantitative estimate of drug-likeness (QED) is 0.943. The number of halogens is 1. The number of hydrogen-bond acceptors (Lipinski definition) is 4. The molecule has 2 atom stereocenters. The number of nitrogens with zero attached hydrogens (tertiary/aromatic N) is 2. The van der Waals surface area contributed by atoms with E-state index < -0.39 is 0 Å². The molecule has 0 bridgehead atoms. The zero-order valence-corrected chi connectivity index (χ0v) is 11.5. The van der Waals surface area contributed by atoms with Crippen molar-refractivity contribution >= 4 is 15.9 Å². The van der Waals surface area contributed by atoms with Crippen molar-refractivity contribution in [2.75, 3.05) is 0 Å². The van der Waals surface area contributed by atoms with Crippen LogP contribution < -0.4 is 10.5 Å². The van der Waals surface area contributed by atoms with Crippen LogP contribution in [0.25, 0.3) is 0 Å². The Bertz CT molecular complexity index is 505. The van der Waals surface area contributed by atoms with Gasteiger partial charge in [-0.2, -0.15) is 0 Å². The van der Waals surface area contributed by atoms with Crippen LogP contribution >= 0.6 is 15.9 Å². The fraction of sp³-hybridized carbons (Fsp3) is 0.231. The molecular weight excluding hydrogens is 294 g/mol. The average Bonchev–Trinajstić information content (AvgIpc) is 2.37. The zero-order chi connectivity index (χ0) is 13.0. The van der Waals surface area contributed by atoms with E-state index in [1.807, 2.05) is 25.1 Å². The lowest BCUT2D eigenvalue weighted by molar-refractivity contribution is 0.179. The first kappa shape index (κ1) is 13.0. The Hall–Kier alpha value is -1.46. The normalized spacial score (nSPS) is 13.9. The van der Waals surface area contributed by atoms with Crippen molar-refractivity contribution < 1.29 is 4.74 Å². The van der Waals surface area contributed by atoms with Gasteiger partial charge in [0.1, 0.15) is 11.9 Å². The fourth-order valence-electron chi connectivity index (χ4n) is 1.63. The van der Waals surface area contributed by atoms with E-state index in [-0.39, 0.29) is 12.1 Å². The summed E-state index contributed by atoms with van der Waals surface area (Å²) in [6.07, 6.45) is 6.62. The Labute approximate surface area is 114 Å². The predicted molar refractivity (Wildman–Crippen MR) is 73.2 cm³/mol. The van der Waals surface area contributed by atoms with Crippen LogP contribution in [0.5, 0.6) is 5.75 Å². The van der Waals surface area contributed by atoms with Gasteiger partial charge < -0.3 is 10.5 Å². The van der Waals surface area contributed by atoms with Crippen LogP contribution in [0.4, 0.5) is 0 Å². The standard InChI is InChI=1S/C13H14BrN3O/c1-9(15)13(10-3-2-4-16-6-10)18-12-5-11(14)7-17-8-12/h2-9,13H,15H2,1H3. The minimum absolute atomic E-state index is 0.145. The summed E-state index contributed by atoms with van der Waals surface area (Å²) in [6, 6.07) is 5.53. The summed E-state index contributed by atoms with van der Waals surface area (Å²) >= 11 is 3.36. The summed E-state index contributed by atoms with van der Waals surface area (Å²) in [5, 5.41) is 0. The number of ether oxygens (including phenoxy) is 1. The second-order valence-electron chi connectivity index (χ2n) is 4.02. The highest BCUT2D eigenvalue weighted by atomic mass is 79.9. The molecule has 2 unspecified atom stereocenters. The molecule has 0 saturated heterocycles. The van der Waals surface area contributed by atoms with Gasteiger partial charge in [0.25, 0.3) is 0 Å². The van der Waals surface area contributed by atoms with Gasteiger partial charge in [0.2, 0.25) is 0 Å². The van der Waals surface area contributed by atoms with Gasteiger partial charge >= 0.3 is 0 Å². The third-order valence-corrected chi connectivity index (χ3v) is 2.87. The molecule has 2 aromatic rings. The number of nitrogens with two attached hydrogens (primary N) is 1. The summed E-state index contributed by atoms with van der Waals surface area (Å²) in [5.74, 6) is 0.676. The molecule has 0 saturated carbocycles. The van der Waals surface area contributed by atoms with Crippen molar-refractivity contribution in [1.82, 2.24) is 9.97 Å². The Balaban J connectivity index is 2.22. The van der Waals surface area contributed by atoms with E-state index in [2.05, 4.69) is 25.9 Å². The first-order chi connectivity index (χ1) is 8.66. The molecule has 4 nitrogen and oxygen atoms in total. The molecule has 0 aromatic carbocycles. The number of pyridine rings is 2. The van der Waals surface area contributed by atoms with E-state index in [9.17, 15) is 0 Å². The zero-order valence-electron chi connectivity index (χ0n) is 9.95. The molecule has 2 heterocycles. The molecule has 0 aliphatic heterocycles. The van der Waals surface area contributed by atoms with E-state index in [1.54, 1.807) is 24.8 Å². The van der Waals surface area contributed by atoms with Crippen molar-refractivity contribution in [3.05, 3.63) is 53.0 Å². The third-order valence-electron chi connectivity index (χ3n) is 2.43. The van der Waals surface area contributed by atoms with Crippen LogP contribution in [0.1, 0.15) is 18.6 Å². The molecule has 0 spiro atoms. The smallest absolute Gasteiger partial charge is 0.140 e. The van der Waals surface area contributed by atoms with Crippen LogP contribution in [-0.4, -0.2) is 16.0 Å². The summed E-state index contributed by atoms with van der Waals surface area (Å²) in [4.78, 5) is 8.15. The van der Waals surface area contributed by atoms with Gasteiger partial charge in [0.05, 0.1) is 6.20 Å². The fourth-order valence-corrected chi connectivity index (χ4v) is 1.97. The summed E-state index contributed by atoms with van der Waals surface area (Å²) in [6.45, 7) is 1.91. The van der Waals surface area contributed by atoms with Gasteiger partial charge in [-0.1, -0.05) is 6.07 Å². The van der Waals surface area contributed by atoms with E-state index in [4.69, 9.17) is 10.5 Å². The molecule has 2 aromatic heterocycles. The Morgan fingerprint density at radius 1 is 1.28 bits per heavy atom. The molecule has 94 valence electrons. The van der Waals surface area contributed by atoms with Gasteiger partial charge in [-0.25, -0.2) is 0 Å². The Morgan fingerprint density at radius 2 is 2.11 bits per heavy atom. The van der Waals surface area contributed by atoms with Crippen molar-refractivity contribution in [1.29, 1.82) is 0 Å². The average molecular weight is 308 g/mol. The molecule has 18 heavy (non-hydrogen) atoms. The lowest BCUT2D eigenvalue weighted by Crippen LogP contribution is -2.29. The highest BCUT2D eigenvalue weighted by Crippen LogP contribution is 2.24. The topological polar surface area (TPSA) is 61.0 Å². The van der Waals surface area contributed by atoms with Crippen LogP contribution in [0.2, 0.25) is 0 Å². The van der Waals surface area contributed by atoms with Gasteiger partial charge in [0, 0.05) is 34.7 Å². The van der Waals surface area contributed by atoms with E-state index in [0.29, 0.717) is 5.75 Å². The molecule has 2 N–H and O–H groups in total. The van der Waals surface area contributed by atoms with Crippen LogP contribution in [0, 0.1) is 0 Å². The number of hydrogen-bond donors (Lipinski definition) is 1. The second kappa shape index (κ2) is 5.93. The minimum Gasteiger partial charge on any atom is -0.482 e. The maximum absolute atomic E-state index is 5.97. The van der Waals surface area contributed by atoms with Gasteiger partial charge in [-0.15, -0.1) is 0 Å². The SMILES string of the molecule is CC(N)C(Oc1cncc(Br)c1)c1cccnc1. The van der Waals surface area contributed by atoms with Crippen molar-refractivity contribution in [3.8, 4) is 5.75 Å². The maximum atomic E-state index is 5.97. The third kappa shape index (κ3) is 3.27. The van der Waals surface area contributed by atoms with E-state index in [0.717, 1.165) is 10.0 Å². The molecule has 0 fully saturated rings. The first-order valence-corrected chi connectivity index (χ1v) is 6.39. The highest BCUT2D eigenvalue weighted by molar-refractivity contribution is 9.10. The van der Waals surface area contributed by atoms with Gasteiger partial charge in [-0.3, -0.25) is 9.97 Å². The molecule has 5 heteroatoms. The van der Waals surface area contributed by atoms with Crippen LogP contribution in [-0.2, 0) is 0 Å². The highest BCUT2D eigenvalue weighted by Gasteiger charge is 2.18. The number of rotatable bonds is 4. The minimum atomic E-state index is -0.241. The first-order valence-electron chi connectivity index (χ1n) is 5.59. The number of aromatic nitrogens is 2. The monoisotopic (exact) mass is 307 g/mol. The summed E-state index contributed by atoms with van der Waals surface area (Å²) in [7, 11) is 0. The summed E-state index contributed by atoms with van der Waals surface area (Å²) < 4.78 is 6.76. The van der Waals surface area contributed by atoms with Crippen molar-refractivity contribution in [3.63, 3.8) is 0 Å². The maximum Gasteiger partial charge on any atom is 0.140 e. The molecule has 0 radical (unpaired) electrons. The van der Waals surface area contributed by atoms with Crippen molar-refractivity contribution in [2.45, 2.75) is 19.1 Å². The van der Waals surface area contributed by atoms with E-state index >= 15 is 0 Å².